The normalized spacial score (nSPS) is 10.4. The van der Waals surface area contributed by atoms with Crippen molar-refractivity contribution >= 4 is 11.6 Å². The summed E-state index contributed by atoms with van der Waals surface area (Å²) in [5, 5.41) is 0.711. The Morgan fingerprint density at radius 1 is 1.31 bits per heavy atom. The summed E-state index contributed by atoms with van der Waals surface area (Å²) in [7, 11) is 0. The van der Waals surface area contributed by atoms with E-state index in [1.54, 1.807) is 6.33 Å². The first kappa shape index (κ1) is 11.0. The Morgan fingerprint density at radius 3 is 2.69 bits per heavy atom. The van der Waals surface area contributed by atoms with Gasteiger partial charge in [-0.2, -0.15) is 0 Å². The maximum Gasteiger partial charge on any atom is 0.132 e. The van der Waals surface area contributed by atoms with Gasteiger partial charge in [0, 0.05) is 17.8 Å². The molecule has 84 valence electrons. The van der Waals surface area contributed by atoms with Gasteiger partial charge in [0.25, 0.3) is 0 Å². The van der Waals surface area contributed by atoms with Crippen molar-refractivity contribution in [1.29, 1.82) is 0 Å². The van der Waals surface area contributed by atoms with Crippen molar-refractivity contribution in [3.05, 3.63) is 47.5 Å². The van der Waals surface area contributed by atoms with Crippen LogP contribution in [0, 0.1) is 0 Å². The number of aryl methyl sites for hydroxylation is 1. The molecule has 0 aliphatic heterocycles. The predicted octanol–water partition coefficient (Wildman–Crippen LogP) is 3.14. The van der Waals surface area contributed by atoms with Crippen molar-refractivity contribution in [3.8, 4) is 5.75 Å². The van der Waals surface area contributed by atoms with Crippen LogP contribution in [-0.4, -0.2) is 9.55 Å². The Morgan fingerprint density at radius 2 is 2.06 bits per heavy atom. The molecule has 0 aliphatic rings. The van der Waals surface area contributed by atoms with E-state index >= 15 is 0 Å². The third kappa shape index (κ3) is 2.76. The summed E-state index contributed by atoms with van der Waals surface area (Å²) in [5.41, 5.74) is 0.928. The summed E-state index contributed by atoms with van der Waals surface area (Å²) < 4.78 is 7.58. The summed E-state index contributed by atoms with van der Waals surface area (Å²) in [6.45, 7) is 3.48. The average Bonchev–Trinajstić information content (AvgIpc) is 2.76. The molecule has 0 N–H and O–H groups in total. The van der Waals surface area contributed by atoms with Crippen molar-refractivity contribution in [1.82, 2.24) is 9.55 Å². The van der Waals surface area contributed by atoms with Gasteiger partial charge >= 0.3 is 0 Å². The molecule has 3 nitrogen and oxygen atoms in total. The molecule has 16 heavy (non-hydrogen) atoms. The van der Waals surface area contributed by atoms with Gasteiger partial charge in [0.2, 0.25) is 0 Å². The highest BCUT2D eigenvalue weighted by Crippen LogP contribution is 2.16. The van der Waals surface area contributed by atoms with Gasteiger partial charge < -0.3 is 9.30 Å². The standard InChI is InChI=1S/C12H13ClN2O/c1-2-15-7-11(14-9-15)8-16-12-5-3-10(13)4-6-12/h3-7,9H,2,8H2,1H3. The van der Waals surface area contributed by atoms with E-state index in [1.807, 2.05) is 35.0 Å². The highest BCUT2D eigenvalue weighted by atomic mass is 35.5. The van der Waals surface area contributed by atoms with Crippen LogP contribution in [0.25, 0.3) is 0 Å². The largest absolute Gasteiger partial charge is 0.487 e. The van der Waals surface area contributed by atoms with E-state index in [0.717, 1.165) is 18.0 Å². The van der Waals surface area contributed by atoms with E-state index in [-0.39, 0.29) is 0 Å². The zero-order valence-corrected chi connectivity index (χ0v) is 9.81. The zero-order valence-electron chi connectivity index (χ0n) is 9.06. The van der Waals surface area contributed by atoms with Gasteiger partial charge in [0.1, 0.15) is 12.4 Å². The molecule has 2 rings (SSSR count). The topological polar surface area (TPSA) is 27.1 Å². The van der Waals surface area contributed by atoms with Gasteiger partial charge in [-0.15, -0.1) is 0 Å². The lowest BCUT2D eigenvalue weighted by Gasteiger charge is -2.03. The first-order chi connectivity index (χ1) is 7.78. The Balaban J connectivity index is 1.94. The van der Waals surface area contributed by atoms with Crippen molar-refractivity contribution in [2.75, 3.05) is 0 Å². The number of hydrogen-bond donors (Lipinski definition) is 0. The molecule has 2 aromatic rings. The Hall–Kier alpha value is -1.48. The minimum atomic E-state index is 0.481. The molecule has 0 radical (unpaired) electrons. The van der Waals surface area contributed by atoms with Crippen LogP contribution in [0.3, 0.4) is 0 Å². The number of imidazole rings is 1. The molecule has 0 fully saturated rings. The van der Waals surface area contributed by atoms with Crippen molar-refractivity contribution in [2.45, 2.75) is 20.1 Å². The lowest BCUT2D eigenvalue weighted by Crippen LogP contribution is -1.95. The SMILES string of the molecule is CCn1cnc(COc2ccc(Cl)cc2)c1. The minimum absolute atomic E-state index is 0.481. The molecule has 0 aliphatic carbocycles. The fraction of sp³-hybridized carbons (Fsp3) is 0.250. The van der Waals surface area contributed by atoms with Crippen LogP contribution < -0.4 is 4.74 Å². The fourth-order valence-electron chi connectivity index (χ4n) is 1.34. The number of hydrogen-bond acceptors (Lipinski definition) is 2. The van der Waals surface area contributed by atoms with Crippen LogP contribution in [0.4, 0.5) is 0 Å². The van der Waals surface area contributed by atoms with Crippen molar-refractivity contribution < 1.29 is 4.74 Å². The van der Waals surface area contributed by atoms with E-state index in [4.69, 9.17) is 16.3 Å². The second kappa shape index (κ2) is 5.03. The van der Waals surface area contributed by atoms with E-state index in [0.29, 0.717) is 11.6 Å². The monoisotopic (exact) mass is 236 g/mol. The summed E-state index contributed by atoms with van der Waals surface area (Å²) in [5.74, 6) is 0.801. The van der Waals surface area contributed by atoms with E-state index in [1.165, 1.54) is 0 Å². The number of ether oxygens (including phenoxy) is 1. The maximum absolute atomic E-state index is 5.78. The molecule has 0 spiro atoms. The van der Waals surface area contributed by atoms with Gasteiger partial charge in [-0.05, 0) is 31.2 Å². The van der Waals surface area contributed by atoms with Crippen LogP contribution in [0.5, 0.6) is 5.75 Å². The molecule has 1 aromatic carbocycles. The molecule has 0 saturated heterocycles. The molecule has 0 unspecified atom stereocenters. The van der Waals surface area contributed by atoms with Crippen LogP contribution in [0.15, 0.2) is 36.8 Å². The van der Waals surface area contributed by atoms with Crippen LogP contribution in [0.2, 0.25) is 5.02 Å². The summed E-state index contributed by atoms with van der Waals surface area (Å²) in [6, 6.07) is 7.31. The van der Waals surface area contributed by atoms with Crippen molar-refractivity contribution in [3.63, 3.8) is 0 Å². The third-order valence-corrected chi connectivity index (χ3v) is 2.50. The summed E-state index contributed by atoms with van der Waals surface area (Å²) in [6.07, 6.45) is 3.79. The Bertz CT molecular complexity index is 450. The van der Waals surface area contributed by atoms with Gasteiger partial charge in [0.05, 0.1) is 12.0 Å². The Kier molecular flexibility index (Phi) is 3.47. The third-order valence-electron chi connectivity index (χ3n) is 2.25. The second-order valence-electron chi connectivity index (χ2n) is 3.44. The molecule has 0 bridgehead atoms. The predicted molar refractivity (Wildman–Crippen MR) is 63.7 cm³/mol. The van der Waals surface area contributed by atoms with Crippen molar-refractivity contribution in [2.24, 2.45) is 0 Å². The molecule has 1 aromatic heterocycles. The molecule has 0 amide bonds. The number of halogens is 1. The first-order valence-corrected chi connectivity index (χ1v) is 5.54. The molecular formula is C12H13ClN2O. The number of benzene rings is 1. The first-order valence-electron chi connectivity index (χ1n) is 5.17. The molecule has 1 heterocycles. The fourth-order valence-corrected chi connectivity index (χ4v) is 1.47. The average molecular weight is 237 g/mol. The molecule has 4 heteroatoms. The van der Waals surface area contributed by atoms with Gasteiger partial charge in [0.15, 0.2) is 0 Å². The highest BCUT2D eigenvalue weighted by Gasteiger charge is 1.99. The molecule has 0 atom stereocenters. The van der Waals surface area contributed by atoms with Gasteiger partial charge in [-0.25, -0.2) is 4.98 Å². The van der Waals surface area contributed by atoms with E-state index in [2.05, 4.69) is 11.9 Å². The van der Waals surface area contributed by atoms with E-state index < -0.39 is 0 Å². The van der Waals surface area contributed by atoms with Crippen LogP contribution in [-0.2, 0) is 13.2 Å². The summed E-state index contributed by atoms with van der Waals surface area (Å²) in [4.78, 5) is 4.23. The number of rotatable bonds is 4. The lowest BCUT2D eigenvalue weighted by atomic mass is 10.3. The van der Waals surface area contributed by atoms with Crippen LogP contribution in [0.1, 0.15) is 12.6 Å². The second-order valence-corrected chi connectivity index (χ2v) is 3.87. The quantitative estimate of drug-likeness (QED) is 0.816. The Labute approximate surface area is 99.6 Å². The van der Waals surface area contributed by atoms with Gasteiger partial charge in [-0.3, -0.25) is 0 Å². The minimum Gasteiger partial charge on any atom is -0.487 e. The smallest absolute Gasteiger partial charge is 0.132 e. The highest BCUT2D eigenvalue weighted by molar-refractivity contribution is 6.30. The van der Waals surface area contributed by atoms with Crippen LogP contribution >= 0.6 is 11.6 Å². The number of nitrogens with zero attached hydrogens (tertiary/aromatic N) is 2. The van der Waals surface area contributed by atoms with E-state index in [9.17, 15) is 0 Å². The zero-order chi connectivity index (χ0) is 11.4. The summed E-state index contributed by atoms with van der Waals surface area (Å²) >= 11 is 5.78. The molecular weight excluding hydrogens is 224 g/mol. The number of aromatic nitrogens is 2. The molecule has 0 saturated carbocycles. The van der Waals surface area contributed by atoms with Gasteiger partial charge in [-0.1, -0.05) is 11.6 Å². The maximum atomic E-state index is 5.78. The lowest BCUT2D eigenvalue weighted by molar-refractivity contribution is 0.302.